The molecule has 0 heterocycles. The Morgan fingerprint density at radius 3 is 2.71 bits per heavy atom. The summed E-state index contributed by atoms with van der Waals surface area (Å²) in [6.07, 6.45) is 7.07. The van der Waals surface area contributed by atoms with Gasteiger partial charge in [0.2, 0.25) is 0 Å². The van der Waals surface area contributed by atoms with Gasteiger partial charge in [-0.05, 0) is 48.8 Å². The number of aliphatic hydroxyl groups is 1. The fourth-order valence-corrected chi connectivity index (χ4v) is 2.78. The SMILES string of the molecule is COc1ccc(CCCO)cc1C1CCCC1. The van der Waals surface area contributed by atoms with E-state index >= 15 is 0 Å². The molecule has 0 aliphatic heterocycles. The fourth-order valence-electron chi connectivity index (χ4n) is 2.78. The van der Waals surface area contributed by atoms with Crippen molar-refractivity contribution in [3.05, 3.63) is 29.3 Å². The molecule has 0 aromatic heterocycles. The quantitative estimate of drug-likeness (QED) is 0.847. The number of hydrogen-bond donors (Lipinski definition) is 1. The largest absolute Gasteiger partial charge is 0.496 e. The van der Waals surface area contributed by atoms with Crippen LogP contribution in [-0.4, -0.2) is 18.8 Å². The second-order valence-corrected chi connectivity index (χ2v) is 4.88. The Balaban J connectivity index is 2.19. The van der Waals surface area contributed by atoms with Crippen molar-refractivity contribution in [3.63, 3.8) is 0 Å². The summed E-state index contributed by atoms with van der Waals surface area (Å²) < 4.78 is 5.47. The number of methoxy groups -OCH3 is 1. The summed E-state index contributed by atoms with van der Waals surface area (Å²) in [4.78, 5) is 0. The van der Waals surface area contributed by atoms with E-state index in [1.807, 2.05) is 0 Å². The zero-order chi connectivity index (χ0) is 12.1. The number of rotatable bonds is 5. The minimum Gasteiger partial charge on any atom is -0.496 e. The molecule has 1 saturated carbocycles. The normalized spacial score (nSPS) is 16.4. The Hall–Kier alpha value is -1.02. The van der Waals surface area contributed by atoms with Crippen molar-refractivity contribution in [3.8, 4) is 5.75 Å². The third-order valence-electron chi connectivity index (χ3n) is 3.71. The molecule has 0 atom stereocenters. The minimum absolute atomic E-state index is 0.269. The van der Waals surface area contributed by atoms with E-state index in [-0.39, 0.29) is 6.61 Å². The molecule has 1 aliphatic rings. The summed E-state index contributed by atoms with van der Waals surface area (Å²) >= 11 is 0. The van der Waals surface area contributed by atoms with E-state index in [1.165, 1.54) is 36.8 Å². The standard InChI is InChI=1S/C15H22O2/c1-17-15-9-8-12(5-4-10-16)11-14(15)13-6-2-3-7-13/h8-9,11,13,16H,2-7,10H2,1H3. The molecule has 0 unspecified atom stereocenters. The molecule has 0 radical (unpaired) electrons. The number of benzene rings is 1. The number of ether oxygens (including phenoxy) is 1. The van der Waals surface area contributed by atoms with Crippen LogP contribution in [0.15, 0.2) is 18.2 Å². The van der Waals surface area contributed by atoms with Crippen LogP contribution in [0.2, 0.25) is 0 Å². The van der Waals surface area contributed by atoms with Gasteiger partial charge in [0.25, 0.3) is 0 Å². The molecular weight excluding hydrogens is 212 g/mol. The van der Waals surface area contributed by atoms with Crippen LogP contribution in [0.3, 0.4) is 0 Å². The van der Waals surface area contributed by atoms with Crippen LogP contribution in [0.5, 0.6) is 5.75 Å². The first-order valence-electron chi connectivity index (χ1n) is 6.63. The summed E-state index contributed by atoms with van der Waals surface area (Å²) in [5.41, 5.74) is 2.70. The minimum atomic E-state index is 0.269. The highest BCUT2D eigenvalue weighted by molar-refractivity contribution is 5.40. The Morgan fingerprint density at radius 2 is 2.06 bits per heavy atom. The Morgan fingerprint density at radius 1 is 1.29 bits per heavy atom. The van der Waals surface area contributed by atoms with Gasteiger partial charge in [-0.25, -0.2) is 0 Å². The third kappa shape index (κ3) is 3.01. The summed E-state index contributed by atoms with van der Waals surface area (Å²) in [7, 11) is 1.75. The molecule has 0 spiro atoms. The van der Waals surface area contributed by atoms with Crippen LogP contribution in [0.1, 0.15) is 49.1 Å². The molecular formula is C15H22O2. The van der Waals surface area contributed by atoms with E-state index < -0.39 is 0 Å². The second kappa shape index (κ2) is 6.06. The van der Waals surface area contributed by atoms with Gasteiger partial charge >= 0.3 is 0 Å². The second-order valence-electron chi connectivity index (χ2n) is 4.88. The van der Waals surface area contributed by atoms with Crippen LogP contribution in [-0.2, 0) is 6.42 Å². The third-order valence-corrected chi connectivity index (χ3v) is 3.71. The Kier molecular flexibility index (Phi) is 4.43. The molecule has 0 saturated heterocycles. The number of hydrogen-bond acceptors (Lipinski definition) is 2. The predicted octanol–water partition coefficient (Wildman–Crippen LogP) is 3.28. The zero-order valence-corrected chi connectivity index (χ0v) is 10.6. The average molecular weight is 234 g/mol. The molecule has 1 aromatic carbocycles. The fraction of sp³-hybridized carbons (Fsp3) is 0.600. The van der Waals surface area contributed by atoms with Gasteiger partial charge in [-0.2, -0.15) is 0 Å². The van der Waals surface area contributed by atoms with Crippen molar-refractivity contribution in [2.24, 2.45) is 0 Å². The maximum atomic E-state index is 8.88. The highest BCUT2D eigenvalue weighted by atomic mass is 16.5. The Labute approximate surface area is 104 Å². The molecule has 2 nitrogen and oxygen atoms in total. The summed E-state index contributed by atoms with van der Waals surface area (Å²) in [5.74, 6) is 1.71. The molecule has 1 aliphatic carbocycles. The van der Waals surface area contributed by atoms with Crippen LogP contribution in [0.4, 0.5) is 0 Å². The first-order valence-corrected chi connectivity index (χ1v) is 6.63. The van der Waals surface area contributed by atoms with Crippen molar-refractivity contribution in [2.75, 3.05) is 13.7 Å². The lowest BCUT2D eigenvalue weighted by Crippen LogP contribution is -1.99. The first-order chi connectivity index (χ1) is 8.35. The highest BCUT2D eigenvalue weighted by Crippen LogP contribution is 2.39. The van der Waals surface area contributed by atoms with E-state index in [1.54, 1.807) is 7.11 Å². The van der Waals surface area contributed by atoms with Gasteiger partial charge in [0.05, 0.1) is 7.11 Å². The number of aryl methyl sites for hydroxylation is 1. The summed E-state index contributed by atoms with van der Waals surface area (Å²) in [6, 6.07) is 6.48. The predicted molar refractivity (Wildman–Crippen MR) is 69.6 cm³/mol. The van der Waals surface area contributed by atoms with Gasteiger partial charge in [-0.1, -0.05) is 25.0 Å². The summed E-state index contributed by atoms with van der Waals surface area (Å²) in [5, 5.41) is 8.88. The van der Waals surface area contributed by atoms with Crippen molar-refractivity contribution in [2.45, 2.75) is 44.4 Å². The molecule has 2 rings (SSSR count). The van der Waals surface area contributed by atoms with Gasteiger partial charge in [-0.15, -0.1) is 0 Å². The molecule has 1 fully saturated rings. The lowest BCUT2D eigenvalue weighted by Gasteiger charge is -2.16. The van der Waals surface area contributed by atoms with E-state index in [0.717, 1.165) is 18.6 Å². The maximum absolute atomic E-state index is 8.88. The van der Waals surface area contributed by atoms with Crippen LogP contribution in [0, 0.1) is 0 Å². The van der Waals surface area contributed by atoms with Gasteiger partial charge in [0.1, 0.15) is 5.75 Å². The van der Waals surface area contributed by atoms with Crippen molar-refractivity contribution >= 4 is 0 Å². The van der Waals surface area contributed by atoms with Crippen molar-refractivity contribution in [1.29, 1.82) is 0 Å². The molecule has 94 valence electrons. The van der Waals surface area contributed by atoms with E-state index in [2.05, 4.69) is 18.2 Å². The van der Waals surface area contributed by atoms with Gasteiger partial charge < -0.3 is 9.84 Å². The highest BCUT2D eigenvalue weighted by Gasteiger charge is 2.20. The molecule has 2 heteroatoms. The first kappa shape index (κ1) is 12.4. The smallest absolute Gasteiger partial charge is 0.122 e. The Bertz CT molecular complexity index is 354. The van der Waals surface area contributed by atoms with Crippen molar-refractivity contribution in [1.82, 2.24) is 0 Å². The van der Waals surface area contributed by atoms with E-state index in [0.29, 0.717) is 5.92 Å². The van der Waals surface area contributed by atoms with Gasteiger partial charge in [0.15, 0.2) is 0 Å². The van der Waals surface area contributed by atoms with Crippen LogP contribution >= 0.6 is 0 Å². The molecule has 0 amide bonds. The van der Waals surface area contributed by atoms with Crippen LogP contribution in [0.25, 0.3) is 0 Å². The van der Waals surface area contributed by atoms with Crippen molar-refractivity contribution < 1.29 is 9.84 Å². The number of aliphatic hydroxyl groups excluding tert-OH is 1. The topological polar surface area (TPSA) is 29.5 Å². The molecule has 0 bridgehead atoms. The maximum Gasteiger partial charge on any atom is 0.122 e. The van der Waals surface area contributed by atoms with E-state index in [4.69, 9.17) is 9.84 Å². The summed E-state index contributed by atoms with van der Waals surface area (Å²) in [6.45, 7) is 0.269. The molecule has 1 N–H and O–H groups in total. The molecule has 1 aromatic rings. The van der Waals surface area contributed by atoms with Crippen LogP contribution < -0.4 is 4.74 Å². The monoisotopic (exact) mass is 234 g/mol. The lowest BCUT2D eigenvalue weighted by atomic mass is 9.94. The zero-order valence-electron chi connectivity index (χ0n) is 10.6. The van der Waals surface area contributed by atoms with Gasteiger partial charge in [0, 0.05) is 6.61 Å². The van der Waals surface area contributed by atoms with E-state index in [9.17, 15) is 0 Å². The van der Waals surface area contributed by atoms with Gasteiger partial charge in [-0.3, -0.25) is 0 Å². The lowest BCUT2D eigenvalue weighted by molar-refractivity contribution is 0.288. The molecule has 17 heavy (non-hydrogen) atoms. The average Bonchev–Trinajstić information content (AvgIpc) is 2.89.